The molecule has 0 saturated heterocycles. The summed E-state index contributed by atoms with van der Waals surface area (Å²) in [5.41, 5.74) is 1.50. The average molecular weight is 340 g/mol. The summed E-state index contributed by atoms with van der Waals surface area (Å²) < 4.78 is 12.3. The minimum atomic E-state index is -0.267. The van der Waals surface area contributed by atoms with E-state index in [1.807, 2.05) is 35.8 Å². The van der Waals surface area contributed by atoms with Crippen LogP contribution in [0.5, 0.6) is 0 Å². The molecule has 1 amide bonds. The van der Waals surface area contributed by atoms with Crippen LogP contribution < -0.4 is 5.32 Å². The van der Waals surface area contributed by atoms with Gasteiger partial charge in [0.25, 0.3) is 5.91 Å². The van der Waals surface area contributed by atoms with Crippen LogP contribution in [0.2, 0.25) is 0 Å². The summed E-state index contributed by atoms with van der Waals surface area (Å²) in [6, 6.07) is 10.7. The van der Waals surface area contributed by atoms with Gasteiger partial charge in [0, 0.05) is 24.8 Å². The Hall–Kier alpha value is -2.93. The van der Waals surface area contributed by atoms with E-state index >= 15 is 0 Å². The quantitative estimate of drug-likeness (QED) is 0.715. The molecule has 0 spiro atoms. The molecule has 0 saturated carbocycles. The van der Waals surface area contributed by atoms with E-state index in [1.54, 1.807) is 31.8 Å². The SMILES string of the molecule is COCCn1cnnc1[C@H](C)NC(=O)c1ccc(-c2ccco2)cc1. The molecule has 0 unspecified atom stereocenters. The molecule has 0 aliphatic carbocycles. The number of benzene rings is 1. The van der Waals surface area contributed by atoms with Gasteiger partial charge in [0.05, 0.1) is 18.9 Å². The number of nitrogens with one attached hydrogen (secondary N) is 1. The molecule has 1 atom stereocenters. The number of carbonyl (C=O) groups is 1. The van der Waals surface area contributed by atoms with Gasteiger partial charge in [-0.3, -0.25) is 4.79 Å². The molecule has 2 aromatic heterocycles. The Kier molecular flexibility index (Phi) is 5.25. The Morgan fingerprint density at radius 3 is 2.80 bits per heavy atom. The molecule has 7 nitrogen and oxygen atoms in total. The molecule has 0 aliphatic heterocycles. The standard InChI is InChI=1S/C18H20N4O3/c1-13(17-21-19-12-22(17)9-11-24-2)20-18(23)15-7-5-14(6-8-15)16-4-3-10-25-16/h3-8,10,12-13H,9,11H2,1-2H3,(H,20,23)/t13-/m0/s1. The van der Waals surface area contributed by atoms with Crippen molar-refractivity contribution in [2.24, 2.45) is 0 Å². The van der Waals surface area contributed by atoms with Crippen LogP contribution in [0.4, 0.5) is 0 Å². The molecule has 7 heteroatoms. The van der Waals surface area contributed by atoms with Crippen molar-refractivity contribution in [3.05, 3.63) is 60.4 Å². The first-order valence-corrected chi connectivity index (χ1v) is 8.00. The molecule has 3 rings (SSSR count). The third kappa shape index (κ3) is 3.95. The van der Waals surface area contributed by atoms with Gasteiger partial charge in [0.1, 0.15) is 12.1 Å². The first-order chi connectivity index (χ1) is 12.2. The molecule has 3 aromatic rings. The molecule has 0 fully saturated rings. The molecule has 0 aliphatic rings. The maximum atomic E-state index is 12.5. The lowest BCUT2D eigenvalue weighted by Gasteiger charge is -2.15. The van der Waals surface area contributed by atoms with Gasteiger partial charge in [-0.2, -0.15) is 0 Å². The highest BCUT2D eigenvalue weighted by Crippen LogP contribution is 2.20. The van der Waals surface area contributed by atoms with E-state index in [0.29, 0.717) is 24.5 Å². The molecule has 1 N–H and O–H groups in total. The number of furan rings is 1. The number of hydrogen-bond donors (Lipinski definition) is 1. The maximum absolute atomic E-state index is 12.5. The lowest BCUT2D eigenvalue weighted by atomic mass is 10.1. The summed E-state index contributed by atoms with van der Waals surface area (Å²) in [4.78, 5) is 12.5. The first kappa shape index (κ1) is 16.9. The number of amides is 1. The molecular formula is C18H20N4O3. The van der Waals surface area contributed by atoms with Crippen LogP contribution in [0, 0.1) is 0 Å². The van der Waals surface area contributed by atoms with Crippen LogP contribution >= 0.6 is 0 Å². The zero-order valence-corrected chi connectivity index (χ0v) is 14.2. The fourth-order valence-electron chi connectivity index (χ4n) is 2.53. The second kappa shape index (κ2) is 7.76. The largest absolute Gasteiger partial charge is 0.464 e. The Balaban J connectivity index is 1.66. The van der Waals surface area contributed by atoms with Crippen molar-refractivity contribution in [3.8, 4) is 11.3 Å². The van der Waals surface area contributed by atoms with Crippen LogP contribution in [-0.2, 0) is 11.3 Å². The lowest BCUT2D eigenvalue weighted by molar-refractivity contribution is 0.0937. The third-order valence-corrected chi connectivity index (χ3v) is 3.87. The monoisotopic (exact) mass is 340 g/mol. The fraction of sp³-hybridized carbons (Fsp3) is 0.278. The molecule has 25 heavy (non-hydrogen) atoms. The van der Waals surface area contributed by atoms with Gasteiger partial charge in [-0.05, 0) is 31.2 Å². The van der Waals surface area contributed by atoms with Gasteiger partial charge < -0.3 is 19.0 Å². The molecule has 0 radical (unpaired) electrons. The number of nitrogens with zero attached hydrogens (tertiary/aromatic N) is 3. The zero-order chi connectivity index (χ0) is 17.6. The van der Waals surface area contributed by atoms with Gasteiger partial charge >= 0.3 is 0 Å². The number of hydrogen-bond acceptors (Lipinski definition) is 5. The van der Waals surface area contributed by atoms with Gasteiger partial charge in [-0.25, -0.2) is 0 Å². The van der Waals surface area contributed by atoms with Crippen molar-refractivity contribution in [1.29, 1.82) is 0 Å². The predicted molar refractivity (Wildman–Crippen MR) is 91.9 cm³/mol. The Bertz CT molecular complexity index is 809. The first-order valence-electron chi connectivity index (χ1n) is 8.00. The molecule has 130 valence electrons. The number of aromatic nitrogens is 3. The average Bonchev–Trinajstić information content (AvgIpc) is 3.31. The highest BCUT2D eigenvalue weighted by Gasteiger charge is 2.16. The van der Waals surface area contributed by atoms with Gasteiger partial charge in [-0.1, -0.05) is 12.1 Å². The van der Waals surface area contributed by atoms with E-state index in [4.69, 9.17) is 9.15 Å². The number of carbonyl (C=O) groups excluding carboxylic acids is 1. The smallest absolute Gasteiger partial charge is 0.251 e. The molecular weight excluding hydrogens is 320 g/mol. The van der Waals surface area contributed by atoms with Gasteiger partial charge in [0.15, 0.2) is 5.82 Å². The van der Waals surface area contributed by atoms with Crippen molar-refractivity contribution in [2.45, 2.75) is 19.5 Å². The van der Waals surface area contributed by atoms with Gasteiger partial charge in [0.2, 0.25) is 0 Å². The topological polar surface area (TPSA) is 82.2 Å². The van der Waals surface area contributed by atoms with Crippen molar-refractivity contribution in [2.75, 3.05) is 13.7 Å². The maximum Gasteiger partial charge on any atom is 0.251 e. The summed E-state index contributed by atoms with van der Waals surface area (Å²) >= 11 is 0. The minimum Gasteiger partial charge on any atom is -0.464 e. The summed E-state index contributed by atoms with van der Waals surface area (Å²) in [5, 5.41) is 10.9. The van der Waals surface area contributed by atoms with Crippen LogP contribution in [-0.4, -0.2) is 34.4 Å². The van der Waals surface area contributed by atoms with Crippen molar-refractivity contribution in [3.63, 3.8) is 0 Å². The molecule has 0 bridgehead atoms. The normalized spacial score (nSPS) is 12.1. The van der Waals surface area contributed by atoms with E-state index < -0.39 is 0 Å². The van der Waals surface area contributed by atoms with E-state index in [-0.39, 0.29) is 11.9 Å². The fourth-order valence-corrected chi connectivity index (χ4v) is 2.53. The number of rotatable bonds is 7. The van der Waals surface area contributed by atoms with E-state index in [9.17, 15) is 4.79 Å². The number of ether oxygens (including phenoxy) is 1. The van der Waals surface area contributed by atoms with Gasteiger partial charge in [-0.15, -0.1) is 10.2 Å². The summed E-state index contributed by atoms with van der Waals surface area (Å²) in [5.74, 6) is 1.30. The summed E-state index contributed by atoms with van der Waals surface area (Å²) in [7, 11) is 1.64. The van der Waals surface area contributed by atoms with Crippen molar-refractivity contribution < 1.29 is 13.9 Å². The van der Waals surface area contributed by atoms with Crippen LogP contribution in [0.15, 0.2) is 53.4 Å². The Morgan fingerprint density at radius 1 is 1.32 bits per heavy atom. The van der Waals surface area contributed by atoms with E-state index in [1.165, 1.54) is 0 Å². The highest BCUT2D eigenvalue weighted by atomic mass is 16.5. The number of methoxy groups -OCH3 is 1. The highest BCUT2D eigenvalue weighted by molar-refractivity contribution is 5.94. The molecule has 2 heterocycles. The second-order valence-corrected chi connectivity index (χ2v) is 5.63. The second-order valence-electron chi connectivity index (χ2n) is 5.63. The molecule has 1 aromatic carbocycles. The Morgan fingerprint density at radius 2 is 2.12 bits per heavy atom. The third-order valence-electron chi connectivity index (χ3n) is 3.87. The summed E-state index contributed by atoms with van der Waals surface area (Å²) in [6.45, 7) is 3.07. The van der Waals surface area contributed by atoms with Crippen LogP contribution in [0.3, 0.4) is 0 Å². The minimum absolute atomic E-state index is 0.167. The van der Waals surface area contributed by atoms with Crippen LogP contribution in [0.25, 0.3) is 11.3 Å². The zero-order valence-electron chi connectivity index (χ0n) is 14.2. The van der Waals surface area contributed by atoms with Crippen LogP contribution in [0.1, 0.15) is 29.1 Å². The van der Waals surface area contributed by atoms with Crippen molar-refractivity contribution >= 4 is 5.91 Å². The van der Waals surface area contributed by atoms with E-state index in [2.05, 4.69) is 15.5 Å². The Labute approximate surface area is 145 Å². The van der Waals surface area contributed by atoms with Crippen molar-refractivity contribution in [1.82, 2.24) is 20.1 Å². The predicted octanol–water partition coefficient (Wildman–Crippen LogP) is 2.68. The summed E-state index contributed by atoms with van der Waals surface area (Å²) in [6.07, 6.45) is 3.26. The van der Waals surface area contributed by atoms with E-state index in [0.717, 1.165) is 11.3 Å². The lowest BCUT2D eigenvalue weighted by Crippen LogP contribution is -2.29.